The summed E-state index contributed by atoms with van der Waals surface area (Å²) >= 11 is 6.02. The van der Waals surface area contributed by atoms with E-state index < -0.39 is 10.0 Å². The number of likely N-dealkylation sites (tertiary alicyclic amines) is 1. The number of nitrogens with zero attached hydrogens (tertiary/aromatic N) is 4. The second-order valence-electron chi connectivity index (χ2n) is 5.56. The number of likely N-dealkylation sites (N-methyl/N-ethyl adjacent to an activating group) is 1. The van der Waals surface area contributed by atoms with E-state index in [-0.39, 0.29) is 22.2 Å². The molecular formula is C12H19ClN4O3S. The Morgan fingerprint density at radius 2 is 2.14 bits per heavy atom. The molecule has 2 aliphatic rings. The number of rotatable bonds is 2. The van der Waals surface area contributed by atoms with Gasteiger partial charge < -0.3 is 9.64 Å². The smallest absolute Gasteiger partial charge is 0.262 e. The number of aryl methyl sites for hydroxylation is 1. The molecule has 1 aromatic heterocycles. The highest BCUT2D eigenvalue weighted by molar-refractivity contribution is 7.89. The van der Waals surface area contributed by atoms with Crippen molar-refractivity contribution in [3.8, 4) is 0 Å². The first-order valence-electron chi connectivity index (χ1n) is 6.91. The van der Waals surface area contributed by atoms with Crippen molar-refractivity contribution in [1.82, 2.24) is 19.0 Å². The summed E-state index contributed by atoms with van der Waals surface area (Å²) in [5.74, 6) is 0. The summed E-state index contributed by atoms with van der Waals surface area (Å²) in [6.45, 7) is 2.35. The molecule has 2 fully saturated rings. The van der Waals surface area contributed by atoms with Gasteiger partial charge in [0, 0.05) is 26.7 Å². The average Bonchev–Trinajstić information content (AvgIpc) is 2.77. The third-order valence-corrected chi connectivity index (χ3v) is 6.56. The molecule has 0 amide bonds. The minimum Gasteiger partial charge on any atom is -0.375 e. The molecule has 0 bridgehead atoms. The summed E-state index contributed by atoms with van der Waals surface area (Å²) in [7, 11) is -0.0990. The van der Waals surface area contributed by atoms with Crippen LogP contribution < -0.4 is 0 Å². The SMILES string of the molecule is CN1CC[C@H]2OCCN(S(=O)(=O)c3c(Cl)cnn3C)[C@H]2C1. The molecule has 9 heteroatoms. The van der Waals surface area contributed by atoms with Gasteiger partial charge in [-0.3, -0.25) is 4.68 Å². The van der Waals surface area contributed by atoms with Crippen LogP contribution in [0.2, 0.25) is 5.02 Å². The maximum Gasteiger partial charge on any atom is 0.262 e. The third-order valence-electron chi connectivity index (χ3n) is 4.13. The number of morpholine rings is 1. The van der Waals surface area contributed by atoms with Gasteiger partial charge in [0.25, 0.3) is 10.0 Å². The Morgan fingerprint density at radius 1 is 1.38 bits per heavy atom. The van der Waals surface area contributed by atoms with Crippen LogP contribution in [0.25, 0.3) is 0 Å². The van der Waals surface area contributed by atoms with Crippen molar-refractivity contribution in [3.05, 3.63) is 11.2 Å². The van der Waals surface area contributed by atoms with Gasteiger partial charge in [0.2, 0.25) is 0 Å². The van der Waals surface area contributed by atoms with Crippen molar-refractivity contribution in [2.45, 2.75) is 23.6 Å². The topological polar surface area (TPSA) is 67.7 Å². The molecule has 3 rings (SSSR count). The van der Waals surface area contributed by atoms with Gasteiger partial charge in [-0.15, -0.1) is 0 Å². The second kappa shape index (κ2) is 5.51. The zero-order valence-electron chi connectivity index (χ0n) is 12.1. The van der Waals surface area contributed by atoms with Gasteiger partial charge in [0.1, 0.15) is 0 Å². The van der Waals surface area contributed by atoms with E-state index in [0.717, 1.165) is 13.0 Å². The number of hydrogen-bond acceptors (Lipinski definition) is 5. The van der Waals surface area contributed by atoms with Gasteiger partial charge in [-0.2, -0.15) is 9.40 Å². The predicted octanol–water partition coefficient (Wildman–Crippen LogP) is 0.167. The van der Waals surface area contributed by atoms with Gasteiger partial charge in [0.05, 0.1) is 30.0 Å². The van der Waals surface area contributed by atoms with Crippen LogP contribution >= 0.6 is 11.6 Å². The van der Waals surface area contributed by atoms with Crippen LogP contribution in [-0.2, 0) is 21.8 Å². The van der Waals surface area contributed by atoms with Crippen LogP contribution in [0.15, 0.2) is 11.2 Å². The molecule has 2 aliphatic heterocycles. The minimum atomic E-state index is -3.68. The number of halogens is 1. The van der Waals surface area contributed by atoms with Crippen LogP contribution in [0.1, 0.15) is 6.42 Å². The molecule has 1 aromatic rings. The predicted molar refractivity (Wildman–Crippen MR) is 77.8 cm³/mol. The molecular weight excluding hydrogens is 316 g/mol. The largest absolute Gasteiger partial charge is 0.375 e. The molecule has 0 unspecified atom stereocenters. The molecule has 0 N–H and O–H groups in total. The molecule has 118 valence electrons. The van der Waals surface area contributed by atoms with E-state index in [2.05, 4.69) is 10.00 Å². The number of ether oxygens (including phenoxy) is 1. The van der Waals surface area contributed by atoms with E-state index in [4.69, 9.17) is 16.3 Å². The lowest BCUT2D eigenvalue weighted by Gasteiger charge is -2.45. The summed E-state index contributed by atoms with van der Waals surface area (Å²) in [4.78, 5) is 2.13. The zero-order valence-corrected chi connectivity index (χ0v) is 13.6. The quantitative estimate of drug-likeness (QED) is 0.771. The van der Waals surface area contributed by atoms with Crippen LogP contribution in [0.4, 0.5) is 0 Å². The van der Waals surface area contributed by atoms with Crippen LogP contribution in [0, 0.1) is 0 Å². The minimum absolute atomic E-state index is 0.0447. The van der Waals surface area contributed by atoms with Crippen LogP contribution in [-0.4, -0.2) is 72.8 Å². The highest BCUT2D eigenvalue weighted by Crippen LogP contribution is 2.30. The number of sulfonamides is 1. The molecule has 0 radical (unpaired) electrons. The Bertz CT molecular complexity index is 613. The maximum atomic E-state index is 13.0. The van der Waals surface area contributed by atoms with Gasteiger partial charge in [0.15, 0.2) is 5.03 Å². The van der Waals surface area contributed by atoms with E-state index in [0.29, 0.717) is 19.7 Å². The lowest BCUT2D eigenvalue weighted by atomic mass is 10.0. The molecule has 21 heavy (non-hydrogen) atoms. The molecule has 0 saturated carbocycles. The highest BCUT2D eigenvalue weighted by atomic mass is 35.5. The summed E-state index contributed by atoms with van der Waals surface area (Å²) in [5, 5.41) is 4.14. The average molecular weight is 335 g/mol. The van der Waals surface area contributed by atoms with E-state index in [1.807, 2.05) is 7.05 Å². The lowest BCUT2D eigenvalue weighted by molar-refractivity contribution is -0.0720. The summed E-state index contributed by atoms with van der Waals surface area (Å²) in [5.41, 5.74) is 0. The van der Waals surface area contributed by atoms with Crippen molar-refractivity contribution < 1.29 is 13.2 Å². The third kappa shape index (κ3) is 2.59. The Hall–Kier alpha value is -0.670. The normalized spacial score (nSPS) is 28.5. The van der Waals surface area contributed by atoms with E-state index in [9.17, 15) is 8.42 Å². The molecule has 3 heterocycles. The van der Waals surface area contributed by atoms with Gasteiger partial charge in [-0.25, -0.2) is 8.42 Å². The monoisotopic (exact) mass is 334 g/mol. The fourth-order valence-corrected chi connectivity index (χ4v) is 5.33. The Labute approximate surface area is 129 Å². The molecule has 0 spiro atoms. The van der Waals surface area contributed by atoms with Gasteiger partial charge >= 0.3 is 0 Å². The van der Waals surface area contributed by atoms with Crippen LogP contribution in [0.3, 0.4) is 0 Å². The number of piperidine rings is 1. The number of hydrogen-bond donors (Lipinski definition) is 0. The zero-order chi connectivity index (χ0) is 15.2. The standard InChI is InChI=1S/C12H19ClN4O3S/c1-15-4-3-11-10(8-15)17(5-6-20-11)21(18,19)12-9(13)7-14-16(12)2/h7,10-11H,3-6,8H2,1-2H3/t10-,11+/m0/s1. The highest BCUT2D eigenvalue weighted by Gasteiger charge is 2.43. The van der Waals surface area contributed by atoms with Crippen molar-refractivity contribution >= 4 is 21.6 Å². The van der Waals surface area contributed by atoms with E-state index >= 15 is 0 Å². The van der Waals surface area contributed by atoms with Crippen molar-refractivity contribution in [1.29, 1.82) is 0 Å². The Morgan fingerprint density at radius 3 is 2.81 bits per heavy atom. The van der Waals surface area contributed by atoms with Gasteiger partial charge in [-0.05, 0) is 13.5 Å². The van der Waals surface area contributed by atoms with E-state index in [1.54, 1.807) is 7.05 Å². The Balaban J connectivity index is 1.97. The second-order valence-corrected chi connectivity index (χ2v) is 7.78. The van der Waals surface area contributed by atoms with Crippen molar-refractivity contribution in [3.63, 3.8) is 0 Å². The first-order chi connectivity index (χ1) is 9.91. The fourth-order valence-electron chi connectivity index (χ4n) is 3.10. The number of fused-ring (bicyclic) bond motifs is 1. The first-order valence-corrected chi connectivity index (χ1v) is 8.72. The lowest BCUT2D eigenvalue weighted by Crippen LogP contribution is -2.60. The summed E-state index contributed by atoms with van der Waals surface area (Å²) in [6, 6.07) is -0.173. The van der Waals surface area contributed by atoms with Gasteiger partial charge in [-0.1, -0.05) is 11.6 Å². The fraction of sp³-hybridized carbons (Fsp3) is 0.750. The maximum absolute atomic E-state index is 13.0. The van der Waals surface area contributed by atoms with Crippen molar-refractivity contribution in [2.24, 2.45) is 7.05 Å². The number of aromatic nitrogens is 2. The van der Waals surface area contributed by atoms with Crippen molar-refractivity contribution in [2.75, 3.05) is 33.3 Å². The molecule has 0 aliphatic carbocycles. The molecule has 0 aromatic carbocycles. The molecule has 2 atom stereocenters. The first kappa shape index (κ1) is 15.2. The molecule has 2 saturated heterocycles. The summed E-state index contributed by atoms with van der Waals surface area (Å²) in [6.07, 6.45) is 2.16. The molecule has 7 nitrogen and oxygen atoms in total. The van der Waals surface area contributed by atoms with Crippen LogP contribution in [0.5, 0.6) is 0 Å². The Kier molecular flexibility index (Phi) is 4.00. The van der Waals surface area contributed by atoms with E-state index in [1.165, 1.54) is 15.2 Å². The summed E-state index contributed by atoms with van der Waals surface area (Å²) < 4.78 is 34.5.